The Morgan fingerprint density at radius 1 is 1.00 bits per heavy atom. The lowest BCUT2D eigenvalue weighted by atomic mass is 9.93. The van der Waals surface area contributed by atoms with Crippen molar-refractivity contribution >= 4 is 11.6 Å². The molecule has 4 nitrogen and oxygen atoms in total. The van der Waals surface area contributed by atoms with E-state index < -0.39 is 0 Å². The topological polar surface area (TPSA) is 41.6 Å². The van der Waals surface area contributed by atoms with Gasteiger partial charge in [0.15, 0.2) is 0 Å². The molecule has 0 spiro atoms. The van der Waals surface area contributed by atoms with E-state index in [-0.39, 0.29) is 11.8 Å². The van der Waals surface area contributed by atoms with E-state index in [0.29, 0.717) is 5.92 Å². The van der Waals surface area contributed by atoms with Gasteiger partial charge in [0.05, 0.1) is 7.11 Å². The molecule has 1 heterocycles. The van der Waals surface area contributed by atoms with Gasteiger partial charge in [0, 0.05) is 17.2 Å². The number of nitrogens with zero attached hydrogens (tertiary/aromatic N) is 1. The highest BCUT2D eigenvalue weighted by molar-refractivity contribution is 5.96. The number of rotatable bonds is 8. The Kier molecular flexibility index (Phi) is 7.79. The van der Waals surface area contributed by atoms with Crippen molar-refractivity contribution in [2.45, 2.75) is 32.1 Å². The van der Waals surface area contributed by atoms with Crippen LogP contribution < -0.4 is 10.1 Å². The Hall–Kier alpha value is -3.11. The van der Waals surface area contributed by atoms with Gasteiger partial charge in [0.25, 0.3) is 0 Å². The minimum Gasteiger partial charge on any atom is -0.497 e. The number of carbonyl (C=O) groups excluding carboxylic acids is 1. The second kappa shape index (κ2) is 11.2. The van der Waals surface area contributed by atoms with Crippen molar-refractivity contribution in [1.82, 2.24) is 4.90 Å². The van der Waals surface area contributed by atoms with Crippen molar-refractivity contribution in [3.8, 4) is 16.9 Å². The van der Waals surface area contributed by atoms with Gasteiger partial charge in [-0.05, 0) is 74.1 Å². The minimum atomic E-state index is 0.0613. The van der Waals surface area contributed by atoms with Crippen molar-refractivity contribution in [2.24, 2.45) is 5.92 Å². The molecular weight excluding hydrogens is 408 g/mol. The molecule has 4 heteroatoms. The molecule has 0 saturated carbocycles. The van der Waals surface area contributed by atoms with E-state index in [1.165, 1.54) is 5.56 Å². The largest absolute Gasteiger partial charge is 0.497 e. The standard InChI is InChI=1S/C29H34N2O2/c1-22(23-9-4-3-5-10-23)15-18-31-19-16-24(17-20-31)29(32)30-28-14-7-6-13-27(28)25-11-8-12-26(21-25)33-2/h3-14,21-22,24H,15-20H2,1-2H3,(H,30,32)/t22-/m0/s1. The number of para-hydroxylation sites is 1. The van der Waals surface area contributed by atoms with Crippen molar-refractivity contribution < 1.29 is 9.53 Å². The molecule has 172 valence electrons. The van der Waals surface area contributed by atoms with Gasteiger partial charge in [-0.2, -0.15) is 0 Å². The van der Waals surface area contributed by atoms with E-state index >= 15 is 0 Å². The third-order valence-electron chi connectivity index (χ3n) is 6.77. The van der Waals surface area contributed by atoms with Gasteiger partial charge in [-0.15, -0.1) is 0 Å². The number of amides is 1. The van der Waals surface area contributed by atoms with Gasteiger partial charge in [0.1, 0.15) is 5.75 Å². The second-order valence-electron chi connectivity index (χ2n) is 8.98. The SMILES string of the molecule is COc1cccc(-c2ccccc2NC(=O)C2CCN(CC[C@H](C)c3ccccc3)CC2)c1. The summed E-state index contributed by atoms with van der Waals surface area (Å²) in [7, 11) is 1.67. The van der Waals surface area contributed by atoms with Crippen molar-refractivity contribution in [1.29, 1.82) is 0 Å². The van der Waals surface area contributed by atoms with Crippen LogP contribution in [0.15, 0.2) is 78.9 Å². The molecule has 3 aromatic rings. The van der Waals surface area contributed by atoms with Crippen LogP contribution in [-0.2, 0) is 4.79 Å². The molecular formula is C29H34N2O2. The van der Waals surface area contributed by atoms with Crippen LogP contribution in [0.25, 0.3) is 11.1 Å². The van der Waals surface area contributed by atoms with Crippen LogP contribution in [-0.4, -0.2) is 37.6 Å². The molecule has 33 heavy (non-hydrogen) atoms. The van der Waals surface area contributed by atoms with Crippen LogP contribution in [0.2, 0.25) is 0 Å². The summed E-state index contributed by atoms with van der Waals surface area (Å²) >= 11 is 0. The van der Waals surface area contributed by atoms with Gasteiger partial charge in [-0.25, -0.2) is 0 Å². The molecule has 0 bridgehead atoms. The molecule has 0 aromatic heterocycles. The highest BCUT2D eigenvalue weighted by Crippen LogP contribution is 2.31. The lowest BCUT2D eigenvalue weighted by molar-refractivity contribution is -0.121. The van der Waals surface area contributed by atoms with Crippen LogP contribution in [0.1, 0.15) is 37.7 Å². The molecule has 1 aliphatic rings. The van der Waals surface area contributed by atoms with Crippen LogP contribution >= 0.6 is 0 Å². The lowest BCUT2D eigenvalue weighted by Gasteiger charge is -2.32. The molecule has 1 N–H and O–H groups in total. The molecule has 4 rings (SSSR count). The molecule has 3 aromatic carbocycles. The fourth-order valence-corrected chi connectivity index (χ4v) is 4.61. The molecule has 0 unspecified atom stereocenters. The van der Waals surface area contributed by atoms with Crippen LogP contribution in [0.5, 0.6) is 5.75 Å². The maximum Gasteiger partial charge on any atom is 0.227 e. The predicted octanol–water partition coefficient (Wildman–Crippen LogP) is 6.21. The number of piperidine rings is 1. The fraction of sp³-hybridized carbons (Fsp3) is 0.345. The molecule has 1 saturated heterocycles. The lowest BCUT2D eigenvalue weighted by Crippen LogP contribution is -2.38. The number of nitrogens with one attached hydrogen (secondary N) is 1. The zero-order valence-corrected chi connectivity index (χ0v) is 19.7. The maximum absolute atomic E-state index is 13.1. The number of anilines is 1. The van der Waals surface area contributed by atoms with E-state index in [1.54, 1.807) is 7.11 Å². The summed E-state index contributed by atoms with van der Waals surface area (Å²) in [6.45, 7) is 5.35. The minimum absolute atomic E-state index is 0.0613. The number of hydrogen-bond donors (Lipinski definition) is 1. The van der Waals surface area contributed by atoms with Gasteiger partial charge >= 0.3 is 0 Å². The summed E-state index contributed by atoms with van der Waals surface area (Å²) < 4.78 is 5.37. The van der Waals surface area contributed by atoms with Crippen LogP contribution in [0, 0.1) is 5.92 Å². The third-order valence-corrected chi connectivity index (χ3v) is 6.77. The van der Waals surface area contributed by atoms with Gasteiger partial charge in [0.2, 0.25) is 5.91 Å². The first-order valence-corrected chi connectivity index (χ1v) is 12.0. The van der Waals surface area contributed by atoms with Gasteiger partial charge in [-0.1, -0.05) is 67.6 Å². The van der Waals surface area contributed by atoms with Crippen molar-refractivity contribution in [2.75, 3.05) is 32.1 Å². The molecule has 0 radical (unpaired) electrons. The number of ether oxygens (including phenoxy) is 1. The summed E-state index contributed by atoms with van der Waals surface area (Å²) in [6, 6.07) is 26.7. The first-order valence-electron chi connectivity index (χ1n) is 12.0. The Morgan fingerprint density at radius 3 is 2.48 bits per heavy atom. The summed E-state index contributed by atoms with van der Waals surface area (Å²) in [5.41, 5.74) is 4.31. The summed E-state index contributed by atoms with van der Waals surface area (Å²) in [4.78, 5) is 15.6. The number of hydrogen-bond acceptors (Lipinski definition) is 3. The average Bonchev–Trinajstić information content (AvgIpc) is 2.88. The Bertz CT molecular complexity index is 1040. The highest BCUT2D eigenvalue weighted by Gasteiger charge is 2.25. The number of carbonyl (C=O) groups is 1. The molecule has 1 aliphatic heterocycles. The number of likely N-dealkylation sites (tertiary alicyclic amines) is 1. The fourth-order valence-electron chi connectivity index (χ4n) is 4.61. The monoisotopic (exact) mass is 442 g/mol. The Morgan fingerprint density at radius 2 is 1.73 bits per heavy atom. The normalized spacial score (nSPS) is 15.7. The molecule has 0 aliphatic carbocycles. The first-order chi connectivity index (χ1) is 16.1. The van der Waals surface area contributed by atoms with Crippen molar-refractivity contribution in [3.63, 3.8) is 0 Å². The zero-order chi connectivity index (χ0) is 23.0. The molecule has 1 atom stereocenters. The average molecular weight is 443 g/mol. The van der Waals surface area contributed by atoms with Crippen LogP contribution in [0.4, 0.5) is 5.69 Å². The maximum atomic E-state index is 13.1. The number of benzene rings is 3. The van der Waals surface area contributed by atoms with Gasteiger partial charge in [-0.3, -0.25) is 4.79 Å². The van der Waals surface area contributed by atoms with E-state index in [0.717, 1.165) is 61.5 Å². The Labute approximate surface area is 197 Å². The van der Waals surface area contributed by atoms with Gasteiger partial charge < -0.3 is 15.0 Å². The van der Waals surface area contributed by atoms with E-state index in [4.69, 9.17) is 4.74 Å². The Balaban J connectivity index is 1.31. The van der Waals surface area contributed by atoms with E-state index in [9.17, 15) is 4.79 Å². The summed E-state index contributed by atoms with van der Waals surface area (Å²) in [6.07, 6.45) is 2.97. The van der Waals surface area contributed by atoms with Crippen LogP contribution in [0.3, 0.4) is 0 Å². The summed E-state index contributed by atoms with van der Waals surface area (Å²) in [5, 5.41) is 3.20. The molecule has 1 amide bonds. The predicted molar refractivity (Wildman–Crippen MR) is 136 cm³/mol. The highest BCUT2D eigenvalue weighted by atomic mass is 16.5. The van der Waals surface area contributed by atoms with E-state index in [1.807, 2.05) is 48.5 Å². The quantitative estimate of drug-likeness (QED) is 0.451. The zero-order valence-electron chi connectivity index (χ0n) is 19.7. The summed E-state index contributed by atoms with van der Waals surface area (Å²) in [5.74, 6) is 1.55. The molecule has 1 fully saturated rings. The third kappa shape index (κ3) is 6.02. The smallest absolute Gasteiger partial charge is 0.227 e. The first kappa shape index (κ1) is 23.1. The van der Waals surface area contributed by atoms with E-state index in [2.05, 4.69) is 47.5 Å². The second-order valence-corrected chi connectivity index (χ2v) is 8.98. The van der Waals surface area contributed by atoms with Crippen molar-refractivity contribution in [3.05, 3.63) is 84.4 Å². The number of methoxy groups -OCH3 is 1.